The number of hydrogen-bond donors (Lipinski definition) is 0. The number of carbonyl (C=O) groups excluding carboxylic acids is 2. The van der Waals surface area contributed by atoms with Gasteiger partial charge in [-0.15, -0.1) is 0 Å². The van der Waals surface area contributed by atoms with Crippen LogP contribution in [0, 0.1) is 0 Å². The van der Waals surface area contributed by atoms with Gasteiger partial charge in [-0.2, -0.15) is 0 Å². The average molecular weight is 170 g/mol. The average Bonchev–Trinajstić information content (AvgIpc) is 1.88. The third kappa shape index (κ3) is 11.2. The van der Waals surface area contributed by atoms with Crippen LogP contribution in [-0.2, 0) is 9.59 Å². The molecule has 0 aromatic carbocycles. The molecule has 0 aromatic heterocycles. The van der Waals surface area contributed by atoms with Crippen LogP contribution in [0.5, 0.6) is 0 Å². The van der Waals surface area contributed by atoms with Gasteiger partial charge in [-0.25, -0.2) is 0 Å². The van der Waals surface area contributed by atoms with Crippen molar-refractivity contribution in [3.63, 3.8) is 0 Å². The van der Waals surface area contributed by atoms with Crippen molar-refractivity contribution >= 4 is 11.9 Å². The Kier molecular flexibility index (Phi) is 6.69. The minimum Gasteiger partial charge on any atom is -0.545 e. The quantitative estimate of drug-likeness (QED) is 0.478. The molecule has 0 unspecified atom stereocenters. The van der Waals surface area contributed by atoms with Gasteiger partial charge in [0.25, 0.3) is 0 Å². The maximum absolute atomic E-state index is 9.49. The third-order valence-electron chi connectivity index (χ3n) is 0.697. The molecule has 0 aliphatic rings. The fourth-order valence-electron chi connectivity index (χ4n) is 0. The zero-order valence-corrected chi connectivity index (χ0v) is 7.05. The van der Waals surface area contributed by atoms with Crippen LogP contribution in [-0.4, -0.2) is 11.9 Å². The Balaban J connectivity index is 0. The minimum absolute atomic E-state index is 0.0648. The highest BCUT2D eigenvalue weighted by molar-refractivity contribution is 5.83. The third-order valence-corrected chi connectivity index (χ3v) is 0.697. The summed E-state index contributed by atoms with van der Waals surface area (Å²) in [5.41, 5.74) is 0.130. The van der Waals surface area contributed by atoms with Gasteiger partial charge in [-0.3, -0.25) is 0 Å². The summed E-state index contributed by atoms with van der Waals surface area (Å²) >= 11 is 0. The molecule has 0 heterocycles. The van der Waals surface area contributed by atoms with Gasteiger partial charge >= 0.3 is 0 Å². The maximum atomic E-state index is 9.49. The van der Waals surface area contributed by atoms with Crippen LogP contribution in [0.2, 0.25) is 0 Å². The van der Waals surface area contributed by atoms with E-state index in [1.165, 1.54) is 13.8 Å². The summed E-state index contributed by atoms with van der Waals surface area (Å²) in [6.07, 6.45) is 0. The zero-order chi connectivity index (χ0) is 10.3. The number of carboxylic acids is 2. The number of carbonyl (C=O) groups is 2. The lowest BCUT2D eigenvalue weighted by atomic mass is 10.4. The number of rotatable bonds is 2. The lowest BCUT2D eigenvalue weighted by Gasteiger charge is -1.93. The largest absolute Gasteiger partial charge is 0.545 e. The van der Waals surface area contributed by atoms with E-state index in [1.807, 2.05) is 0 Å². The second-order valence-electron chi connectivity index (χ2n) is 2.14. The molecule has 0 rings (SSSR count). The molecule has 12 heavy (non-hydrogen) atoms. The Morgan fingerprint density at radius 3 is 1.00 bits per heavy atom. The van der Waals surface area contributed by atoms with Crippen molar-refractivity contribution in [3.05, 3.63) is 24.3 Å². The molecule has 0 aliphatic carbocycles. The van der Waals surface area contributed by atoms with E-state index in [4.69, 9.17) is 0 Å². The van der Waals surface area contributed by atoms with E-state index in [0.717, 1.165) is 0 Å². The molecule has 0 N–H and O–H groups in total. The molecule has 0 spiro atoms. The first kappa shape index (κ1) is 13.0. The van der Waals surface area contributed by atoms with E-state index < -0.39 is 11.9 Å². The topological polar surface area (TPSA) is 80.3 Å². The fraction of sp³-hybridized carbons (Fsp3) is 0.250. The number of hydrogen-bond acceptors (Lipinski definition) is 4. The molecule has 0 bridgehead atoms. The highest BCUT2D eigenvalue weighted by Crippen LogP contribution is 1.77. The summed E-state index contributed by atoms with van der Waals surface area (Å²) in [5.74, 6) is -2.37. The molecule has 0 aliphatic heterocycles. The van der Waals surface area contributed by atoms with Crippen LogP contribution in [0.1, 0.15) is 13.8 Å². The molecule has 0 saturated carbocycles. The standard InChI is InChI=1S/2C4H6O2/c2*1-3(2)4(5)6/h2*1H2,2H3,(H,5,6)/p-2. The Labute approximate surface area is 70.8 Å². The van der Waals surface area contributed by atoms with Crippen molar-refractivity contribution in [1.82, 2.24) is 0 Å². The predicted octanol–water partition coefficient (Wildman–Crippen LogP) is -1.38. The van der Waals surface area contributed by atoms with Crippen LogP contribution >= 0.6 is 0 Å². The van der Waals surface area contributed by atoms with Gasteiger partial charge in [0.15, 0.2) is 0 Å². The van der Waals surface area contributed by atoms with Crippen LogP contribution in [0.4, 0.5) is 0 Å². The number of carboxylic acid groups (broad SMARTS) is 2. The first-order chi connectivity index (χ1) is 5.29. The van der Waals surface area contributed by atoms with Crippen molar-refractivity contribution < 1.29 is 19.8 Å². The molecule has 68 valence electrons. The maximum Gasteiger partial charge on any atom is 0.0666 e. The van der Waals surface area contributed by atoms with Crippen molar-refractivity contribution in [2.45, 2.75) is 13.8 Å². The van der Waals surface area contributed by atoms with Gasteiger partial charge in [-0.1, -0.05) is 13.2 Å². The first-order valence-corrected chi connectivity index (χ1v) is 3.02. The van der Waals surface area contributed by atoms with Crippen LogP contribution in [0.25, 0.3) is 0 Å². The van der Waals surface area contributed by atoms with Crippen molar-refractivity contribution in [2.24, 2.45) is 0 Å². The summed E-state index contributed by atoms with van der Waals surface area (Å²) < 4.78 is 0. The first-order valence-electron chi connectivity index (χ1n) is 3.02. The zero-order valence-electron chi connectivity index (χ0n) is 7.05. The lowest BCUT2D eigenvalue weighted by Crippen LogP contribution is -2.22. The Hall–Kier alpha value is -1.58. The molecular weight excluding hydrogens is 160 g/mol. The summed E-state index contributed by atoms with van der Waals surface area (Å²) in [4.78, 5) is 19.0. The van der Waals surface area contributed by atoms with E-state index in [2.05, 4.69) is 13.2 Å². The van der Waals surface area contributed by atoms with Gasteiger partial charge in [0.2, 0.25) is 0 Å². The van der Waals surface area contributed by atoms with E-state index in [0.29, 0.717) is 0 Å². The Morgan fingerprint density at radius 2 is 1.00 bits per heavy atom. The highest BCUT2D eigenvalue weighted by Gasteiger charge is 1.76. The summed E-state index contributed by atoms with van der Waals surface area (Å²) in [6.45, 7) is 8.95. The van der Waals surface area contributed by atoms with Gasteiger partial charge < -0.3 is 19.8 Å². The molecule has 0 radical (unpaired) electrons. The second kappa shape index (κ2) is 6.15. The van der Waals surface area contributed by atoms with E-state index in [9.17, 15) is 19.8 Å². The second-order valence-corrected chi connectivity index (χ2v) is 2.14. The van der Waals surface area contributed by atoms with Crippen LogP contribution in [0.3, 0.4) is 0 Å². The molecule has 4 heteroatoms. The Morgan fingerprint density at radius 1 is 0.917 bits per heavy atom. The molecule has 0 atom stereocenters. The SMILES string of the molecule is C=C(C)C(=O)[O-].C=C(C)C(=O)[O-]. The van der Waals surface area contributed by atoms with E-state index in [1.54, 1.807) is 0 Å². The minimum atomic E-state index is -1.19. The molecule has 4 nitrogen and oxygen atoms in total. The monoisotopic (exact) mass is 170 g/mol. The molecule has 0 fully saturated rings. The molecule has 0 saturated heterocycles. The molecule has 0 amide bonds. The van der Waals surface area contributed by atoms with Gasteiger partial charge in [-0.05, 0) is 25.0 Å². The van der Waals surface area contributed by atoms with Gasteiger partial charge in [0.05, 0.1) is 11.9 Å². The van der Waals surface area contributed by atoms with Crippen molar-refractivity contribution in [2.75, 3.05) is 0 Å². The van der Waals surface area contributed by atoms with Crippen LogP contribution < -0.4 is 10.2 Å². The fourth-order valence-corrected chi connectivity index (χ4v) is 0. The van der Waals surface area contributed by atoms with Gasteiger partial charge in [0.1, 0.15) is 0 Å². The molecular formula is C8H10O4-2. The predicted molar refractivity (Wildman–Crippen MR) is 39.6 cm³/mol. The highest BCUT2D eigenvalue weighted by atomic mass is 16.4. The smallest absolute Gasteiger partial charge is 0.0666 e. The van der Waals surface area contributed by atoms with Crippen molar-refractivity contribution in [3.8, 4) is 0 Å². The van der Waals surface area contributed by atoms with Crippen LogP contribution in [0.15, 0.2) is 24.3 Å². The normalized spacial score (nSPS) is 7.50. The summed E-state index contributed by atoms with van der Waals surface area (Å²) in [6, 6.07) is 0. The van der Waals surface area contributed by atoms with E-state index >= 15 is 0 Å². The Bertz CT molecular complexity index is 167. The summed E-state index contributed by atoms with van der Waals surface area (Å²) in [7, 11) is 0. The van der Waals surface area contributed by atoms with Crippen molar-refractivity contribution in [1.29, 1.82) is 0 Å². The number of aliphatic carboxylic acids is 2. The van der Waals surface area contributed by atoms with E-state index in [-0.39, 0.29) is 11.1 Å². The lowest BCUT2D eigenvalue weighted by molar-refractivity contribution is -0.300. The molecule has 0 aromatic rings. The van der Waals surface area contributed by atoms with Gasteiger partial charge in [0, 0.05) is 0 Å². The summed E-state index contributed by atoms with van der Waals surface area (Å²) in [5, 5.41) is 19.0.